The molecule has 0 radical (unpaired) electrons. The number of anilines is 1. The minimum absolute atomic E-state index is 0.118. The Morgan fingerprint density at radius 2 is 2.17 bits per heavy atom. The highest BCUT2D eigenvalue weighted by molar-refractivity contribution is 6.33. The third kappa shape index (κ3) is 3.82. The van der Waals surface area contributed by atoms with E-state index < -0.39 is 5.97 Å². The van der Waals surface area contributed by atoms with Crippen molar-refractivity contribution in [2.24, 2.45) is 5.92 Å². The van der Waals surface area contributed by atoms with Crippen molar-refractivity contribution in [3.05, 3.63) is 41.3 Å². The maximum atomic E-state index is 10.9. The highest BCUT2D eigenvalue weighted by atomic mass is 35.5. The molecule has 1 fully saturated rings. The number of hydrogen-bond donors (Lipinski definition) is 1. The van der Waals surface area contributed by atoms with E-state index in [1.165, 1.54) is 12.3 Å². The molecule has 0 saturated carbocycles. The molecule has 0 aromatic carbocycles. The van der Waals surface area contributed by atoms with Gasteiger partial charge in [-0.2, -0.15) is 5.10 Å². The van der Waals surface area contributed by atoms with Crippen molar-refractivity contribution >= 4 is 23.4 Å². The second-order valence-corrected chi connectivity index (χ2v) is 6.23. The Bertz CT molecular complexity index is 667. The zero-order valence-corrected chi connectivity index (χ0v) is 13.5. The van der Waals surface area contributed by atoms with E-state index in [2.05, 4.69) is 15.0 Å². The molecular weight excluding hydrogens is 316 g/mol. The summed E-state index contributed by atoms with van der Waals surface area (Å²) in [7, 11) is 0. The first-order chi connectivity index (χ1) is 11.1. The fourth-order valence-corrected chi connectivity index (χ4v) is 3.25. The third-order valence-electron chi connectivity index (χ3n) is 4.31. The van der Waals surface area contributed by atoms with Crippen LogP contribution in [0.1, 0.15) is 29.6 Å². The van der Waals surface area contributed by atoms with Gasteiger partial charge in [-0.25, -0.2) is 9.78 Å². The van der Waals surface area contributed by atoms with Crippen LogP contribution in [0.2, 0.25) is 5.02 Å². The summed E-state index contributed by atoms with van der Waals surface area (Å²) in [5.74, 6) is 0.345. The Morgan fingerprint density at radius 3 is 2.78 bits per heavy atom. The van der Waals surface area contributed by atoms with Gasteiger partial charge in [0.2, 0.25) is 0 Å². The van der Waals surface area contributed by atoms with Gasteiger partial charge >= 0.3 is 5.97 Å². The summed E-state index contributed by atoms with van der Waals surface area (Å²) >= 11 is 6.19. The molecule has 6 nitrogen and oxygen atoms in total. The topological polar surface area (TPSA) is 71.2 Å². The number of pyridine rings is 1. The molecule has 23 heavy (non-hydrogen) atoms. The van der Waals surface area contributed by atoms with E-state index in [1.807, 2.05) is 16.9 Å². The number of aromatic nitrogens is 3. The number of halogens is 1. The summed E-state index contributed by atoms with van der Waals surface area (Å²) in [6.07, 6.45) is 8.45. The molecule has 7 heteroatoms. The highest BCUT2D eigenvalue weighted by Crippen LogP contribution is 2.29. The van der Waals surface area contributed by atoms with Gasteiger partial charge in [-0.15, -0.1) is 0 Å². The molecule has 0 aliphatic carbocycles. The average molecular weight is 335 g/mol. The van der Waals surface area contributed by atoms with Crippen LogP contribution in [0.25, 0.3) is 0 Å². The summed E-state index contributed by atoms with van der Waals surface area (Å²) < 4.78 is 1.97. The summed E-state index contributed by atoms with van der Waals surface area (Å²) in [4.78, 5) is 17.3. The van der Waals surface area contributed by atoms with Crippen LogP contribution in [-0.2, 0) is 6.54 Å². The van der Waals surface area contributed by atoms with Crippen LogP contribution in [0.5, 0.6) is 0 Å². The van der Waals surface area contributed by atoms with E-state index >= 15 is 0 Å². The van der Waals surface area contributed by atoms with Gasteiger partial charge in [0.25, 0.3) is 0 Å². The summed E-state index contributed by atoms with van der Waals surface area (Å²) in [5, 5.41) is 13.6. The van der Waals surface area contributed by atoms with Crippen molar-refractivity contribution in [3.8, 4) is 0 Å². The number of carbonyl (C=O) groups is 1. The van der Waals surface area contributed by atoms with Crippen molar-refractivity contribution in [1.82, 2.24) is 14.8 Å². The Kier molecular flexibility index (Phi) is 4.81. The maximum Gasteiger partial charge on any atom is 0.337 e. The average Bonchev–Trinajstić information content (AvgIpc) is 3.07. The molecule has 2 aromatic heterocycles. The van der Waals surface area contributed by atoms with Gasteiger partial charge in [-0.05, 0) is 37.3 Å². The molecule has 1 aliphatic rings. The Hall–Kier alpha value is -2.08. The number of nitrogens with zero attached hydrogens (tertiary/aromatic N) is 4. The zero-order chi connectivity index (χ0) is 16.2. The lowest BCUT2D eigenvalue weighted by Gasteiger charge is -2.33. The highest BCUT2D eigenvalue weighted by Gasteiger charge is 2.22. The molecule has 2 aromatic rings. The first kappa shape index (κ1) is 15.8. The van der Waals surface area contributed by atoms with E-state index in [1.54, 1.807) is 6.20 Å². The fraction of sp³-hybridized carbons (Fsp3) is 0.438. The largest absolute Gasteiger partial charge is 0.478 e. The smallest absolute Gasteiger partial charge is 0.337 e. The van der Waals surface area contributed by atoms with E-state index in [0.29, 0.717) is 16.8 Å². The number of hydrogen-bond acceptors (Lipinski definition) is 4. The molecule has 0 atom stereocenters. The van der Waals surface area contributed by atoms with Crippen molar-refractivity contribution in [2.45, 2.75) is 25.8 Å². The predicted molar refractivity (Wildman–Crippen MR) is 88.0 cm³/mol. The molecule has 0 spiro atoms. The third-order valence-corrected chi connectivity index (χ3v) is 4.59. The van der Waals surface area contributed by atoms with E-state index in [9.17, 15) is 4.79 Å². The summed E-state index contributed by atoms with van der Waals surface area (Å²) in [6.45, 7) is 2.73. The first-order valence-electron chi connectivity index (χ1n) is 7.74. The zero-order valence-electron chi connectivity index (χ0n) is 12.7. The van der Waals surface area contributed by atoms with Gasteiger partial charge in [0.05, 0.1) is 10.6 Å². The Morgan fingerprint density at radius 1 is 1.39 bits per heavy atom. The molecule has 3 rings (SSSR count). The molecule has 0 amide bonds. The van der Waals surface area contributed by atoms with Gasteiger partial charge in [0.1, 0.15) is 5.82 Å². The van der Waals surface area contributed by atoms with Crippen LogP contribution < -0.4 is 4.90 Å². The van der Waals surface area contributed by atoms with Gasteiger partial charge in [-0.3, -0.25) is 4.68 Å². The normalized spacial score (nSPS) is 15.8. The summed E-state index contributed by atoms with van der Waals surface area (Å²) in [5.41, 5.74) is 0.118. The SMILES string of the molecule is O=C(O)c1cnc(N2CCC(CCn3cccn3)CC2)c(Cl)c1. The molecule has 0 unspecified atom stereocenters. The Balaban J connectivity index is 1.55. The first-order valence-corrected chi connectivity index (χ1v) is 8.12. The van der Waals surface area contributed by atoms with Crippen LogP contribution in [0, 0.1) is 5.92 Å². The molecule has 1 aliphatic heterocycles. The number of aromatic carboxylic acids is 1. The van der Waals surface area contributed by atoms with Crippen LogP contribution in [0.4, 0.5) is 5.82 Å². The van der Waals surface area contributed by atoms with Gasteiger partial charge in [0.15, 0.2) is 0 Å². The van der Waals surface area contributed by atoms with E-state index in [-0.39, 0.29) is 5.56 Å². The van der Waals surface area contributed by atoms with E-state index in [4.69, 9.17) is 16.7 Å². The second-order valence-electron chi connectivity index (χ2n) is 5.82. The standard InChI is InChI=1S/C16H19ClN4O2/c17-14-10-13(16(22)23)11-18-15(14)20-7-2-12(3-8-20)4-9-21-6-1-5-19-21/h1,5-6,10-12H,2-4,7-9H2,(H,22,23). The van der Waals surface area contributed by atoms with Crippen molar-refractivity contribution in [3.63, 3.8) is 0 Å². The quantitative estimate of drug-likeness (QED) is 0.910. The summed E-state index contributed by atoms with van der Waals surface area (Å²) in [6, 6.07) is 3.41. The number of piperidine rings is 1. The molecular formula is C16H19ClN4O2. The van der Waals surface area contributed by atoms with E-state index in [0.717, 1.165) is 38.9 Å². The van der Waals surface area contributed by atoms with Gasteiger partial charge < -0.3 is 10.0 Å². The molecule has 122 valence electrons. The fourth-order valence-electron chi connectivity index (χ4n) is 2.96. The lowest BCUT2D eigenvalue weighted by atomic mass is 9.93. The van der Waals surface area contributed by atoms with Crippen LogP contribution in [-0.4, -0.2) is 38.9 Å². The van der Waals surface area contributed by atoms with Crippen LogP contribution in [0.15, 0.2) is 30.7 Å². The maximum absolute atomic E-state index is 10.9. The van der Waals surface area contributed by atoms with Crippen molar-refractivity contribution in [2.75, 3.05) is 18.0 Å². The molecule has 1 saturated heterocycles. The Labute approximate surface area is 139 Å². The van der Waals surface area contributed by atoms with Gasteiger partial charge in [-0.1, -0.05) is 11.6 Å². The molecule has 0 bridgehead atoms. The lowest BCUT2D eigenvalue weighted by Crippen LogP contribution is -2.34. The van der Waals surface area contributed by atoms with Crippen LogP contribution >= 0.6 is 11.6 Å². The van der Waals surface area contributed by atoms with Gasteiger partial charge in [0, 0.05) is 38.2 Å². The number of aryl methyl sites for hydroxylation is 1. The number of carboxylic acid groups (broad SMARTS) is 1. The second kappa shape index (κ2) is 7.00. The lowest BCUT2D eigenvalue weighted by molar-refractivity contribution is 0.0696. The minimum atomic E-state index is -1.01. The molecule has 1 N–H and O–H groups in total. The minimum Gasteiger partial charge on any atom is -0.478 e. The number of rotatable bonds is 5. The van der Waals surface area contributed by atoms with Crippen LogP contribution in [0.3, 0.4) is 0 Å². The number of carboxylic acids is 1. The van der Waals surface area contributed by atoms with Crippen molar-refractivity contribution < 1.29 is 9.90 Å². The molecule has 3 heterocycles. The predicted octanol–water partition coefficient (Wildman–Crippen LogP) is 2.94. The monoisotopic (exact) mass is 334 g/mol. The van der Waals surface area contributed by atoms with Crippen molar-refractivity contribution in [1.29, 1.82) is 0 Å².